The predicted octanol–water partition coefficient (Wildman–Crippen LogP) is 5.89. The third kappa shape index (κ3) is 7.85. The fourth-order valence-electron chi connectivity index (χ4n) is 4.00. The van der Waals surface area contributed by atoms with E-state index in [1.165, 1.54) is 0 Å². The molecule has 0 heterocycles. The number of carbonyl (C=O) groups excluding carboxylic acids is 2. The van der Waals surface area contributed by atoms with Crippen LogP contribution < -0.4 is 10.1 Å². The molecule has 0 radical (unpaired) electrons. The van der Waals surface area contributed by atoms with Crippen LogP contribution in [-0.2, 0) is 22.6 Å². The highest BCUT2D eigenvalue weighted by Crippen LogP contribution is 2.26. The first-order chi connectivity index (χ1) is 17.0. The molecule has 2 amide bonds. The minimum Gasteiger partial charge on any atom is -0.484 e. The predicted molar refractivity (Wildman–Crippen MR) is 145 cm³/mol. The number of carbonyl (C=O) groups is 2. The second-order valence-corrected chi connectivity index (χ2v) is 10.5. The summed E-state index contributed by atoms with van der Waals surface area (Å²) in [6, 6.07) is 22.4. The monoisotopic (exact) mass is 506 g/mol. The van der Waals surface area contributed by atoms with Crippen LogP contribution in [0.4, 0.5) is 0 Å². The second-order valence-electron chi connectivity index (χ2n) is 10.1. The highest BCUT2D eigenvalue weighted by molar-refractivity contribution is 6.32. The van der Waals surface area contributed by atoms with Crippen molar-refractivity contribution in [2.24, 2.45) is 0 Å². The summed E-state index contributed by atoms with van der Waals surface area (Å²) < 4.78 is 5.90. The van der Waals surface area contributed by atoms with Crippen molar-refractivity contribution in [1.29, 1.82) is 0 Å². The van der Waals surface area contributed by atoms with Crippen LogP contribution in [0, 0.1) is 13.8 Å². The lowest BCUT2D eigenvalue weighted by Crippen LogP contribution is -2.55. The molecule has 3 rings (SSSR count). The number of nitrogens with zero attached hydrogens (tertiary/aromatic N) is 1. The second kappa shape index (κ2) is 12.1. The maximum Gasteiger partial charge on any atom is 0.261 e. The quantitative estimate of drug-likeness (QED) is 0.393. The average Bonchev–Trinajstić information content (AvgIpc) is 2.83. The third-order valence-corrected chi connectivity index (χ3v) is 6.33. The van der Waals surface area contributed by atoms with Crippen molar-refractivity contribution in [2.75, 3.05) is 6.61 Å². The van der Waals surface area contributed by atoms with Crippen molar-refractivity contribution in [2.45, 2.75) is 59.2 Å². The maximum absolute atomic E-state index is 13.7. The molecule has 0 bridgehead atoms. The van der Waals surface area contributed by atoms with Gasteiger partial charge >= 0.3 is 0 Å². The minimum atomic E-state index is -0.711. The molecule has 3 aromatic carbocycles. The Labute approximate surface area is 219 Å². The van der Waals surface area contributed by atoms with E-state index in [9.17, 15) is 9.59 Å². The summed E-state index contributed by atoms with van der Waals surface area (Å²) in [5.41, 5.74) is 3.23. The topological polar surface area (TPSA) is 58.6 Å². The zero-order valence-electron chi connectivity index (χ0n) is 21.7. The first-order valence-corrected chi connectivity index (χ1v) is 12.5. The van der Waals surface area contributed by atoms with E-state index in [0.29, 0.717) is 17.2 Å². The van der Waals surface area contributed by atoms with E-state index in [0.717, 1.165) is 22.3 Å². The van der Waals surface area contributed by atoms with E-state index in [1.54, 1.807) is 4.90 Å². The molecule has 6 heteroatoms. The van der Waals surface area contributed by atoms with Gasteiger partial charge in [0.25, 0.3) is 5.91 Å². The van der Waals surface area contributed by atoms with Gasteiger partial charge in [-0.1, -0.05) is 72.3 Å². The zero-order chi connectivity index (χ0) is 26.3. The number of nitrogens with one attached hydrogen (secondary N) is 1. The molecule has 0 aliphatic carbocycles. The van der Waals surface area contributed by atoms with Crippen molar-refractivity contribution >= 4 is 23.4 Å². The summed E-state index contributed by atoms with van der Waals surface area (Å²) in [4.78, 5) is 28.8. The highest BCUT2D eigenvalue weighted by Gasteiger charge is 2.32. The van der Waals surface area contributed by atoms with Crippen molar-refractivity contribution in [3.63, 3.8) is 0 Å². The van der Waals surface area contributed by atoms with Crippen LogP contribution >= 0.6 is 11.6 Å². The van der Waals surface area contributed by atoms with Crippen molar-refractivity contribution in [3.8, 4) is 5.75 Å². The third-order valence-electron chi connectivity index (χ3n) is 5.74. The van der Waals surface area contributed by atoms with E-state index in [-0.39, 0.29) is 25.0 Å². The van der Waals surface area contributed by atoms with Gasteiger partial charge in [0.1, 0.15) is 11.8 Å². The highest BCUT2D eigenvalue weighted by atomic mass is 35.5. The Bertz CT molecular complexity index is 1150. The molecule has 190 valence electrons. The van der Waals surface area contributed by atoms with Gasteiger partial charge in [0, 0.05) is 23.5 Å². The van der Waals surface area contributed by atoms with Gasteiger partial charge in [-0.2, -0.15) is 0 Å². The molecule has 1 atom stereocenters. The Kier molecular flexibility index (Phi) is 9.16. The Morgan fingerprint density at radius 2 is 1.44 bits per heavy atom. The molecule has 0 saturated carbocycles. The molecule has 0 spiro atoms. The Morgan fingerprint density at radius 3 is 1.97 bits per heavy atom. The fourth-order valence-corrected chi connectivity index (χ4v) is 4.11. The van der Waals surface area contributed by atoms with Crippen molar-refractivity contribution < 1.29 is 14.3 Å². The Hall–Kier alpha value is -3.31. The molecule has 0 aliphatic heterocycles. The molecule has 0 fully saturated rings. The van der Waals surface area contributed by atoms with E-state index in [1.807, 2.05) is 107 Å². The van der Waals surface area contributed by atoms with Crippen LogP contribution in [0.15, 0.2) is 72.8 Å². The standard InChI is InChI=1S/C30H35ClN2O3/c1-21-16-25(17-22(2)28(21)31)36-20-27(34)33(19-24-14-10-7-11-15-24)26(29(35)32-30(3,4)5)18-23-12-8-6-9-13-23/h6-17,26H,18-20H2,1-5H3,(H,32,35)/t26-/m1/s1. The number of amides is 2. The van der Waals surface area contributed by atoms with Crippen molar-refractivity contribution in [1.82, 2.24) is 10.2 Å². The normalized spacial score (nSPS) is 12.1. The SMILES string of the molecule is Cc1cc(OCC(=O)N(Cc2ccccc2)[C@H](Cc2ccccc2)C(=O)NC(C)(C)C)cc(C)c1Cl. The van der Waals surface area contributed by atoms with E-state index in [4.69, 9.17) is 16.3 Å². The first kappa shape index (κ1) is 27.3. The molecule has 0 aromatic heterocycles. The number of aryl methyl sites for hydroxylation is 2. The number of benzene rings is 3. The van der Waals surface area contributed by atoms with Gasteiger partial charge in [0.15, 0.2) is 6.61 Å². The maximum atomic E-state index is 13.7. The Balaban J connectivity index is 1.92. The summed E-state index contributed by atoms with van der Waals surface area (Å²) in [6.45, 7) is 9.70. The van der Waals surface area contributed by atoms with Crippen LogP contribution in [0.1, 0.15) is 43.0 Å². The van der Waals surface area contributed by atoms with Crippen LogP contribution in [0.5, 0.6) is 5.75 Å². The van der Waals surface area contributed by atoms with Crippen molar-refractivity contribution in [3.05, 3.63) is 100 Å². The van der Waals surface area contributed by atoms with E-state index < -0.39 is 11.6 Å². The molecule has 3 aromatic rings. The minimum absolute atomic E-state index is 0.193. The molecule has 0 aliphatic rings. The molecule has 5 nitrogen and oxygen atoms in total. The Morgan fingerprint density at radius 1 is 0.917 bits per heavy atom. The average molecular weight is 507 g/mol. The van der Waals surface area contributed by atoms with Gasteiger partial charge in [-0.3, -0.25) is 9.59 Å². The molecule has 0 unspecified atom stereocenters. The summed E-state index contributed by atoms with van der Waals surface area (Å²) in [6.07, 6.45) is 0.389. The fraction of sp³-hybridized carbons (Fsp3) is 0.333. The molecule has 1 N–H and O–H groups in total. The van der Waals surface area contributed by atoms with Crippen LogP contribution in [0.2, 0.25) is 5.02 Å². The van der Waals surface area contributed by atoms with Gasteiger partial charge < -0.3 is 15.0 Å². The number of halogens is 1. The summed E-state index contributed by atoms with van der Waals surface area (Å²) >= 11 is 6.28. The van der Waals surface area contributed by atoms with E-state index in [2.05, 4.69) is 5.32 Å². The van der Waals surface area contributed by atoms with Gasteiger partial charge in [-0.25, -0.2) is 0 Å². The smallest absolute Gasteiger partial charge is 0.261 e. The molecular weight excluding hydrogens is 472 g/mol. The van der Waals surface area contributed by atoms with Crippen LogP contribution in [0.25, 0.3) is 0 Å². The summed E-state index contributed by atoms with van der Waals surface area (Å²) in [7, 11) is 0. The number of ether oxygens (including phenoxy) is 1. The number of hydrogen-bond donors (Lipinski definition) is 1. The largest absolute Gasteiger partial charge is 0.484 e. The number of rotatable bonds is 9. The van der Waals surface area contributed by atoms with Gasteiger partial charge in [-0.05, 0) is 69.0 Å². The van der Waals surface area contributed by atoms with Gasteiger partial charge in [0.2, 0.25) is 5.91 Å². The van der Waals surface area contributed by atoms with Gasteiger partial charge in [0.05, 0.1) is 0 Å². The summed E-state index contributed by atoms with van der Waals surface area (Å²) in [5, 5.41) is 3.75. The van der Waals surface area contributed by atoms with Crippen LogP contribution in [0.3, 0.4) is 0 Å². The van der Waals surface area contributed by atoms with E-state index >= 15 is 0 Å². The summed E-state index contributed by atoms with van der Waals surface area (Å²) in [5.74, 6) is 0.101. The van der Waals surface area contributed by atoms with Gasteiger partial charge in [-0.15, -0.1) is 0 Å². The van der Waals surface area contributed by atoms with Crippen LogP contribution in [-0.4, -0.2) is 34.9 Å². The lowest BCUT2D eigenvalue weighted by atomic mass is 10.0. The molecular formula is C30H35ClN2O3. The zero-order valence-corrected chi connectivity index (χ0v) is 22.4. The first-order valence-electron chi connectivity index (χ1n) is 12.1. The lowest BCUT2D eigenvalue weighted by Gasteiger charge is -2.33. The molecule has 36 heavy (non-hydrogen) atoms. The number of hydrogen-bond acceptors (Lipinski definition) is 3. The lowest BCUT2D eigenvalue weighted by molar-refractivity contribution is -0.143. The molecule has 0 saturated heterocycles.